The van der Waals surface area contributed by atoms with E-state index in [1.165, 1.54) is 51.4 Å². The van der Waals surface area contributed by atoms with E-state index in [0.29, 0.717) is 22.5 Å². The molecule has 0 aromatic heterocycles. The van der Waals surface area contributed by atoms with Crippen molar-refractivity contribution < 1.29 is 4.79 Å². The van der Waals surface area contributed by atoms with Crippen molar-refractivity contribution >= 4 is 5.78 Å². The molecular weight excluding hydrogens is 340 g/mol. The summed E-state index contributed by atoms with van der Waals surface area (Å²) in [7, 11) is 0. The number of fused-ring (bicyclic) bond motifs is 5. The molecule has 0 radical (unpaired) electrons. The molecule has 1 heteroatoms. The Labute approximate surface area is 174 Å². The molecule has 1 nitrogen and oxygen atoms in total. The molecule has 0 aromatic rings. The molecule has 0 aromatic carbocycles. The molecule has 0 amide bonds. The third kappa shape index (κ3) is 3.33. The first kappa shape index (κ1) is 20.7. The summed E-state index contributed by atoms with van der Waals surface area (Å²) in [5, 5.41) is 0. The van der Waals surface area contributed by atoms with Crippen LogP contribution in [0, 0.1) is 46.3 Å². The smallest absolute Gasteiger partial charge is 0.133 e. The van der Waals surface area contributed by atoms with Gasteiger partial charge in [-0.25, -0.2) is 0 Å². The van der Waals surface area contributed by atoms with Gasteiger partial charge in [0.25, 0.3) is 0 Å². The van der Waals surface area contributed by atoms with E-state index >= 15 is 0 Å². The fourth-order valence-corrected chi connectivity index (χ4v) is 8.33. The third-order valence-corrected chi connectivity index (χ3v) is 10.1. The molecule has 4 aliphatic carbocycles. The van der Waals surface area contributed by atoms with Gasteiger partial charge in [0.15, 0.2) is 0 Å². The van der Waals surface area contributed by atoms with E-state index in [0.717, 1.165) is 48.9 Å². The lowest BCUT2D eigenvalue weighted by atomic mass is 9.47. The van der Waals surface area contributed by atoms with Crippen LogP contribution in [-0.2, 0) is 4.79 Å². The second kappa shape index (κ2) is 7.59. The zero-order valence-electron chi connectivity index (χ0n) is 19.2. The van der Waals surface area contributed by atoms with Gasteiger partial charge in [0, 0.05) is 12.8 Å². The van der Waals surface area contributed by atoms with Crippen LogP contribution in [0.3, 0.4) is 0 Å². The second-order valence-corrected chi connectivity index (χ2v) is 12.0. The maximum atomic E-state index is 12.1. The molecule has 7 atom stereocenters. The normalized spacial score (nSPS) is 43.9. The van der Waals surface area contributed by atoms with Gasteiger partial charge in [-0.2, -0.15) is 0 Å². The summed E-state index contributed by atoms with van der Waals surface area (Å²) in [6, 6.07) is 0. The van der Waals surface area contributed by atoms with Crippen molar-refractivity contribution in [3.63, 3.8) is 0 Å². The molecule has 4 aliphatic rings. The maximum Gasteiger partial charge on any atom is 0.133 e. The maximum absolute atomic E-state index is 12.1. The van der Waals surface area contributed by atoms with Gasteiger partial charge in [-0.05, 0) is 84.9 Å². The Kier molecular flexibility index (Phi) is 5.60. The average molecular weight is 385 g/mol. The summed E-state index contributed by atoms with van der Waals surface area (Å²) in [5.41, 5.74) is 2.78. The molecule has 158 valence electrons. The summed E-state index contributed by atoms with van der Waals surface area (Å²) in [6.07, 6.45) is 16.6. The largest absolute Gasteiger partial charge is 0.300 e. The van der Waals surface area contributed by atoms with Crippen LogP contribution in [0.1, 0.15) is 105 Å². The summed E-state index contributed by atoms with van der Waals surface area (Å²) in [4.78, 5) is 12.1. The summed E-state index contributed by atoms with van der Waals surface area (Å²) >= 11 is 0. The van der Waals surface area contributed by atoms with Crippen LogP contribution >= 0.6 is 0 Å². The molecule has 4 rings (SSSR count). The van der Waals surface area contributed by atoms with Crippen molar-refractivity contribution in [2.45, 2.75) is 105 Å². The topological polar surface area (TPSA) is 17.1 Å². The van der Waals surface area contributed by atoms with Crippen molar-refractivity contribution in [1.29, 1.82) is 0 Å². The van der Waals surface area contributed by atoms with E-state index in [4.69, 9.17) is 0 Å². The molecule has 0 N–H and O–H groups in total. The molecule has 3 saturated carbocycles. The number of carbonyl (C=O) groups is 1. The Morgan fingerprint density at radius 2 is 1.75 bits per heavy atom. The highest BCUT2D eigenvalue weighted by atomic mass is 16.1. The summed E-state index contributed by atoms with van der Waals surface area (Å²) < 4.78 is 0. The second-order valence-electron chi connectivity index (χ2n) is 12.0. The molecule has 0 aliphatic heterocycles. The zero-order valence-corrected chi connectivity index (χ0v) is 19.2. The number of rotatable bonds is 5. The van der Waals surface area contributed by atoms with Gasteiger partial charge < -0.3 is 0 Å². The molecule has 0 bridgehead atoms. The van der Waals surface area contributed by atoms with E-state index in [2.05, 4.69) is 40.7 Å². The van der Waals surface area contributed by atoms with Crippen molar-refractivity contribution in [3.8, 4) is 0 Å². The first-order valence-electron chi connectivity index (χ1n) is 12.5. The van der Waals surface area contributed by atoms with Crippen LogP contribution in [0.5, 0.6) is 0 Å². The standard InChI is InChI=1S/C27H44O/c1-18(2)7-6-8-19(3)23-11-12-24-22-10-9-20-17-21(28)13-15-26(20,4)25(22)14-16-27(23,24)5/h10,18-20,23-25H,6-9,11-17H2,1-5H3/t19-,20?,23?,24?,25?,26+,27?/m1/s1. The van der Waals surface area contributed by atoms with Crippen LogP contribution in [0.15, 0.2) is 11.6 Å². The summed E-state index contributed by atoms with van der Waals surface area (Å²) in [5.74, 6) is 5.40. The molecule has 0 spiro atoms. The van der Waals surface area contributed by atoms with Gasteiger partial charge >= 0.3 is 0 Å². The molecule has 0 heterocycles. The Morgan fingerprint density at radius 1 is 1.00 bits per heavy atom. The van der Waals surface area contributed by atoms with E-state index < -0.39 is 0 Å². The van der Waals surface area contributed by atoms with E-state index in [1.54, 1.807) is 0 Å². The number of Topliss-reactive ketones (excluding diaryl/α,β-unsaturated/α-hetero) is 1. The minimum Gasteiger partial charge on any atom is -0.300 e. The fraction of sp³-hybridized carbons (Fsp3) is 0.889. The number of allylic oxidation sites excluding steroid dienone is 2. The van der Waals surface area contributed by atoms with Crippen molar-refractivity contribution in [2.24, 2.45) is 46.3 Å². The van der Waals surface area contributed by atoms with E-state index in [-0.39, 0.29) is 0 Å². The Morgan fingerprint density at radius 3 is 2.50 bits per heavy atom. The predicted molar refractivity (Wildman–Crippen MR) is 118 cm³/mol. The number of hydrogen-bond acceptors (Lipinski definition) is 1. The van der Waals surface area contributed by atoms with Crippen LogP contribution in [0.25, 0.3) is 0 Å². The van der Waals surface area contributed by atoms with Gasteiger partial charge in [0.1, 0.15) is 5.78 Å². The number of hydrogen-bond donors (Lipinski definition) is 0. The first-order chi connectivity index (χ1) is 13.3. The Bertz CT molecular complexity index is 630. The van der Waals surface area contributed by atoms with Gasteiger partial charge in [-0.3, -0.25) is 4.79 Å². The van der Waals surface area contributed by atoms with Crippen molar-refractivity contribution in [1.82, 2.24) is 0 Å². The highest BCUT2D eigenvalue weighted by Crippen LogP contribution is 2.66. The molecule has 5 unspecified atom stereocenters. The van der Waals surface area contributed by atoms with Crippen LogP contribution < -0.4 is 0 Å². The fourth-order valence-electron chi connectivity index (χ4n) is 8.33. The van der Waals surface area contributed by atoms with Crippen LogP contribution in [-0.4, -0.2) is 5.78 Å². The lowest BCUT2D eigenvalue weighted by Gasteiger charge is -2.57. The van der Waals surface area contributed by atoms with Gasteiger partial charge in [0.05, 0.1) is 0 Å². The number of carbonyl (C=O) groups excluding carboxylic acids is 1. The van der Waals surface area contributed by atoms with Gasteiger partial charge in [-0.15, -0.1) is 0 Å². The highest BCUT2D eigenvalue weighted by Gasteiger charge is 2.58. The monoisotopic (exact) mass is 384 g/mol. The highest BCUT2D eigenvalue weighted by molar-refractivity contribution is 5.79. The first-order valence-corrected chi connectivity index (χ1v) is 12.5. The molecule has 28 heavy (non-hydrogen) atoms. The minimum absolute atomic E-state index is 0.403. The predicted octanol–water partition coefficient (Wildman–Crippen LogP) is 7.60. The third-order valence-electron chi connectivity index (χ3n) is 10.1. The van der Waals surface area contributed by atoms with E-state index in [9.17, 15) is 4.79 Å². The quantitative estimate of drug-likeness (QED) is 0.446. The average Bonchev–Trinajstić information content (AvgIpc) is 2.99. The van der Waals surface area contributed by atoms with Gasteiger partial charge in [-0.1, -0.05) is 65.5 Å². The van der Waals surface area contributed by atoms with Crippen molar-refractivity contribution in [2.75, 3.05) is 0 Å². The van der Waals surface area contributed by atoms with Gasteiger partial charge in [0.2, 0.25) is 0 Å². The van der Waals surface area contributed by atoms with E-state index in [1.807, 2.05) is 5.57 Å². The molecular formula is C27H44O. The lowest BCUT2D eigenvalue weighted by Crippen LogP contribution is -2.49. The van der Waals surface area contributed by atoms with Crippen molar-refractivity contribution in [3.05, 3.63) is 11.6 Å². The van der Waals surface area contributed by atoms with Crippen LogP contribution in [0.4, 0.5) is 0 Å². The Balaban J connectivity index is 1.51. The zero-order chi connectivity index (χ0) is 20.1. The minimum atomic E-state index is 0.403. The lowest BCUT2D eigenvalue weighted by molar-refractivity contribution is -0.127. The van der Waals surface area contributed by atoms with Crippen LogP contribution in [0.2, 0.25) is 0 Å². The SMILES string of the molecule is CC(C)CCC[C@@H](C)C1CCC2C3=CCC4CC(=O)CC[C@]4(C)C3CCC21C. The Hall–Kier alpha value is -0.590. The molecule has 0 saturated heterocycles. The summed E-state index contributed by atoms with van der Waals surface area (Å²) in [6.45, 7) is 12.5. The number of ketones is 1. The molecule has 3 fully saturated rings.